The van der Waals surface area contributed by atoms with Crippen LogP contribution >= 0.6 is 0 Å². The number of aryl methyl sites for hydroxylation is 3. The Balaban J connectivity index is 1.58. The Bertz CT molecular complexity index is 1020. The summed E-state index contributed by atoms with van der Waals surface area (Å²) in [5.74, 6) is 0.138. The number of carboxylic acid groups (broad SMARTS) is 1. The Morgan fingerprint density at radius 2 is 1.79 bits per heavy atom. The minimum Gasteiger partial charge on any atom is -0.485 e. The molecule has 3 heteroatoms. The van der Waals surface area contributed by atoms with E-state index in [4.69, 9.17) is 9.84 Å². The van der Waals surface area contributed by atoms with Gasteiger partial charge in [0.1, 0.15) is 11.9 Å². The van der Waals surface area contributed by atoms with Gasteiger partial charge >= 0.3 is 5.97 Å². The number of hydrogen-bond acceptors (Lipinski definition) is 2. The molecule has 0 amide bonds. The first-order valence-corrected chi connectivity index (χ1v) is 9.68. The fourth-order valence-electron chi connectivity index (χ4n) is 4.06. The maximum atomic E-state index is 10.8. The first-order chi connectivity index (χ1) is 13.5. The van der Waals surface area contributed by atoms with Crippen LogP contribution in [-0.2, 0) is 17.6 Å². The molecule has 0 saturated heterocycles. The third-order valence-electron chi connectivity index (χ3n) is 5.46. The molecule has 0 bridgehead atoms. The van der Waals surface area contributed by atoms with Gasteiger partial charge in [0.05, 0.1) is 0 Å². The molecule has 1 aliphatic heterocycles. The van der Waals surface area contributed by atoms with Crippen molar-refractivity contribution in [3.8, 4) is 16.9 Å². The van der Waals surface area contributed by atoms with E-state index in [9.17, 15) is 4.79 Å². The average Bonchev–Trinajstić information content (AvgIpc) is 3.10. The molecule has 3 nitrogen and oxygen atoms in total. The van der Waals surface area contributed by atoms with Crippen LogP contribution in [0.3, 0.4) is 0 Å². The zero-order chi connectivity index (χ0) is 19.7. The highest BCUT2D eigenvalue weighted by atomic mass is 16.5. The molecule has 142 valence electrons. The van der Waals surface area contributed by atoms with Crippen LogP contribution in [0.4, 0.5) is 0 Å². The quantitative estimate of drug-likeness (QED) is 0.628. The molecule has 3 aromatic carbocycles. The highest BCUT2D eigenvalue weighted by Crippen LogP contribution is 2.38. The highest BCUT2D eigenvalue weighted by molar-refractivity contribution is 5.71. The van der Waals surface area contributed by atoms with Gasteiger partial charge in [0.15, 0.2) is 0 Å². The normalized spacial score (nSPS) is 15.1. The predicted octanol–water partition coefficient (Wildman–Crippen LogP) is 5.66. The van der Waals surface area contributed by atoms with Crippen molar-refractivity contribution in [3.63, 3.8) is 0 Å². The average molecular weight is 372 g/mol. The lowest BCUT2D eigenvalue weighted by Gasteiger charge is -2.15. The monoisotopic (exact) mass is 372 g/mol. The second-order valence-corrected chi connectivity index (χ2v) is 7.54. The van der Waals surface area contributed by atoms with Gasteiger partial charge in [-0.2, -0.15) is 0 Å². The summed E-state index contributed by atoms with van der Waals surface area (Å²) in [7, 11) is 0. The van der Waals surface area contributed by atoms with Gasteiger partial charge in [0.25, 0.3) is 0 Å². The highest BCUT2D eigenvalue weighted by Gasteiger charge is 2.25. The van der Waals surface area contributed by atoms with Gasteiger partial charge in [-0.05, 0) is 71.3 Å². The molecule has 4 rings (SSSR count). The Kier molecular flexibility index (Phi) is 4.91. The molecule has 28 heavy (non-hydrogen) atoms. The van der Waals surface area contributed by atoms with Crippen LogP contribution in [0.2, 0.25) is 0 Å². The molecule has 0 aliphatic carbocycles. The minimum absolute atomic E-state index is 0.00556. The number of aliphatic carboxylic acids is 1. The van der Waals surface area contributed by atoms with Crippen LogP contribution in [-0.4, -0.2) is 11.1 Å². The lowest BCUT2D eigenvalue weighted by Crippen LogP contribution is -2.03. The Morgan fingerprint density at radius 1 is 1.04 bits per heavy atom. The standard InChI is InChI=1S/C25H24O3/c1-16-5-3-6-17(2)25(16)20-8-4-7-19(14-20)23-15-21-13-18(10-12-24(26)27)9-11-22(21)28-23/h3-9,11,13-14,23H,10,12,15H2,1-2H3,(H,26,27)/t23-/m1/s1. The van der Waals surface area contributed by atoms with Crippen molar-refractivity contribution in [2.45, 2.75) is 39.2 Å². The van der Waals surface area contributed by atoms with E-state index in [1.54, 1.807) is 0 Å². The van der Waals surface area contributed by atoms with E-state index < -0.39 is 5.97 Å². The van der Waals surface area contributed by atoms with Gasteiger partial charge in [0, 0.05) is 12.8 Å². The second-order valence-electron chi connectivity index (χ2n) is 7.54. The van der Waals surface area contributed by atoms with Crippen LogP contribution < -0.4 is 4.74 Å². The summed E-state index contributed by atoms with van der Waals surface area (Å²) in [6.07, 6.45) is 1.51. The van der Waals surface area contributed by atoms with E-state index in [2.05, 4.69) is 62.4 Å². The maximum Gasteiger partial charge on any atom is 0.303 e. The molecular weight excluding hydrogens is 348 g/mol. The zero-order valence-corrected chi connectivity index (χ0v) is 16.2. The lowest BCUT2D eigenvalue weighted by atomic mass is 9.93. The van der Waals surface area contributed by atoms with Crippen molar-refractivity contribution in [1.29, 1.82) is 0 Å². The van der Waals surface area contributed by atoms with E-state index >= 15 is 0 Å². The molecule has 0 aromatic heterocycles. The molecule has 1 heterocycles. The van der Waals surface area contributed by atoms with Gasteiger partial charge < -0.3 is 9.84 Å². The smallest absolute Gasteiger partial charge is 0.303 e. The first-order valence-electron chi connectivity index (χ1n) is 9.68. The van der Waals surface area contributed by atoms with Gasteiger partial charge in [-0.1, -0.05) is 48.5 Å². The molecule has 0 radical (unpaired) electrons. The Morgan fingerprint density at radius 3 is 2.54 bits per heavy atom. The van der Waals surface area contributed by atoms with Crippen molar-refractivity contribution in [3.05, 3.63) is 88.5 Å². The molecule has 0 fully saturated rings. The number of carbonyl (C=O) groups is 1. The summed E-state index contributed by atoms with van der Waals surface area (Å²) in [6, 6.07) is 21.0. The van der Waals surface area contributed by atoms with E-state index in [1.165, 1.54) is 27.8 Å². The third kappa shape index (κ3) is 3.65. The fourth-order valence-corrected chi connectivity index (χ4v) is 4.06. The Hall–Kier alpha value is -3.07. The molecule has 1 aliphatic rings. The van der Waals surface area contributed by atoms with Crippen molar-refractivity contribution < 1.29 is 14.6 Å². The van der Waals surface area contributed by atoms with Crippen LogP contribution in [0.25, 0.3) is 11.1 Å². The van der Waals surface area contributed by atoms with Crippen molar-refractivity contribution in [1.82, 2.24) is 0 Å². The van der Waals surface area contributed by atoms with Gasteiger partial charge in [0.2, 0.25) is 0 Å². The van der Waals surface area contributed by atoms with Crippen LogP contribution in [0.5, 0.6) is 5.75 Å². The van der Waals surface area contributed by atoms with E-state index in [1.807, 2.05) is 12.1 Å². The molecule has 1 N–H and O–H groups in total. The SMILES string of the molecule is Cc1cccc(C)c1-c1cccc([C@H]2Cc3cc(CCC(=O)O)ccc3O2)c1. The van der Waals surface area contributed by atoms with Crippen LogP contribution in [0.1, 0.15) is 40.3 Å². The Labute approximate surface area is 165 Å². The third-order valence-corrected chi connectivity index (χ3v) is 5.46. The molecular formula is C25H24O3. The molecule has 0 spiro atoms. The maximum absolute atomic E-state index is 10.8. The topological polar surface area (TPSA) is 46.5 Å². The largest absolute Gasteiger partial charge is 0.485 e. The number of benzene rings is 3. The van der Waals surface area contributed by atoms with Crippen LogP contribution in [0, 0.1) is 13.8 Å². The van der Waals surface area contributed by atoms with Crippen LogP contribution in [0.15, 0.2) is 60.7 Å². The summed E-state index contributed by atoms with van der Waals surface area (Å²) in [5.41, 5.74) is 8.43. The zero-order valence-electron chi connectivity index (χ0n) is 16.2. The first kappa shape index (κ1) is 18.3. The van der Waals surface area contributed by atoms with E-state index in [0.29, 0.717) is 6.42 Å². The number of ether oxygens (including phenoxy) is 1. The van der Waals surface area contributed by atoms with E-state index in [-0.39, 0.29) is 12.5 Å². The fraction of sp³-hybridized carbons (Fsp3) is 0.240. The summed E-state index contributed by atoms with van der Waals surface area (Å²) in [6.45, 7) is 4.30. The van der Waals surface area contributed by atoms with E-state index in [0.717, 1.165) is 23.3 Å². The number of fused-ring (bicyclic) bond motifs is 1. The molecule has 1 atom stereocenters. The number of carboxylic acids is 1. The molecule has 0 saturated carbocycles. The second kappa shape index (κ2) is 7.51. The van der Waals surface area contributed by atoms with Crippen molar-refractivity contribution in [2.75, 3.05) is 0 Å². The van der Waals surface area contributed by atoms with Gasteiger partial charge in [-0.25, -0.2) is 0 Å². The minimum atomic E-state index is -0.766. The molecule has 3 aromatic rings. The van der Waals surface area contributed by atoms with Gasteiger partial charge in [-0.3, -0.25) is 4.79 Å². The number of hydrogen-bond donors (Lipinski definition) is 1. The summed E-state index contributed by atoms with van der Waals surface area (Å²) in [5, 5.41) is 8.89. The van der Waals surface area contributed by atoms with Crippen molar-refractivity contribution >= 4 is 5.97 Å². The van der Waals surface area contributed by atoms with Crippen molar-refractivity contribution in [2.24, 2.45) is 0 Å². The lowest BCUT2D eigenvalue weighted by molar-refractivity contribution is -0.136. The summed E-state index contributed by atoms with van der Waals surface area (Å²) in [4.78, 5) is 10.8. The summed E-state index contributed by atoms with van der Waals surface area (Å²) >= 11 is 0. The predicted molar refractivity (Wildman–Crippen MR) is 111 cm³/mol. The molecule has 0 unspecified atom stereocenters. The van der Waals surface area contributed by atoms with Gasteiger partial charge in [-0.15, -0.1) is 0 Å². The number of rotatable bonds is 5. The summed E-state index contributed by atoms with van der Waals surface area (Å²) < 4.78 is 6.21.